The molecule has 1 aliphatic carbocycles. The predicted octanol–water partition coefficient (Wildman–Crippen LogP) is 2.59. The highest BCUT2D eigenvalue weighted by Gasteiger charge is 2.28. The smallest absolute Gasteiger partial charge is 0.320 e. The normalized spacial score (nSPS) is 15.9. The molecule has 1 unspecified atom stereocenters. The van der Waals surface area contributed by atoms with Crippen LogP contribution in [0.25, 0.3) is 0 Å². The van der Waals surface area contributed by atoms with Crippen molar-refractivity contribution < 1.29 is 14.6 Å². The van der Waals surface area contributed by atoms with Crippen LogP contribution in [0.2, 0.25) is 0 Å². The first-order valence-electron chi connectivity index (χ1n) is 7.17. The van der Waals surface area contributed by atoms with Gasteiger partial charge in [-0.25, -0.2) is 0 Å². The molecule has 4 nitrogen and oxygen atoms in total. The molecule has 1 saturated carbocycles. The summed E-state index contributed by atoms with van der Waals surface area (Å²) in [5.41, 5.74) is 3.42. The molecule has 0 heterocycles. The highest BCUT2D eigenvalue weighted by atomic mass is 16.5. The zero-order valence-electron chi connectivity index (χ0n) is 12.4. The molecule has 1 aliphatic rings. The fraction of sp³-hybridized carbons (Fsp3) is 0.562. The van der Waals surface area contributed by atoms with E-state index in [4.69, 9.17) is 4.74 Å². The summed E-state index contributed by atoms with van der Waals surface area (Å²) in [5.74, 6) is 0.0870. The van der Waals surface area contributed by atoms with Gasteiger partial charge in [0.15, 0.2) is 0 Å². The lowest BCUT2D eigenvalue weighted by Gasteiger charge is -2.16. The lowest BCUT2D eigenvalue weighted by molar-refractivity contribution is -0.139. The van der Waals surface area contributed by atoms with Crippen molar-refractivity contribution in [2.45, 2.75) is 52.1 Å². The summed E-state index contributed by atoms with van der Waals surface area (Å²) in [6.45, 7) is 6.52. The van der Waals surface area contributed by atoms with Crippen LogP contribution in [-0.2, 0) is 4.79 Å². The van der Waals surface area contributed by atoms with E-state index in [1.165, 1.54) is 5.56 Å². The summed E-state index contributed by atoms with van der Waals surface area (Å²) in [6.07, 6.45) is 2.65. The first kappa shape index (κ1) is 14.9. The van der Waals surface area contributed by atoms with Crippen LogP contribution in [0, 0.1) is 20.8 Å². The van der Waals surface area contributed by atoms with Crippen LogP contribution in [0.3, 0.4) is 0 Å². The van der Waals surface area contributed by atoms with Gasteiger partial charge in [0.25, 0.3) is 0 Å². The molecular weight excluding hydrogens is 254 g/mol. The quantitative estimate of drug-likeness (QED) is 0.804. The number of hydrogen-bond acceptors (Lipinski definition) is 3. The highest BCUT2D eigenvalue weighted by molar-refractivity contribution is 5.73. The summed E-state index contributed by atoms with van der Waals surface area (Å²) in [5, 5.41) is 12.3. The molecule has 0 spiro atoms. The lowest BCUT2D eigenvalue weighted by atomic mass is 10.1. The standard InChI is InChI=1S/C16H23NO3/c1-10-8-11(2)15(12(3)9-10)20-7-6-14(16(18)19)17-13-4-5-13/h8-9,13-14,17H,4-7H2,1-3H3,(H,18,19). The van der Waals surface area contributed by atoms with Gasteiger partial charge in [0, 0.05) is 12.5 Å². The largest absolute Gasteiger partial charge is 0.493 e. The van der Waals surface area contributed by atoms with Crippen LogP contribution in [0.1, 0.15) is 36.0 Å². The Balaban J connectivity index is 1.89. The van der Waals surface area contributed by atoms with E-state index in [-0.39, 0.29) is 0 Å². The molecular formula is C16H23NO3. The minimum Gasteiger partial charge on any atom is -0.493 e. The lowest BCUT2D eigenvalue weighted by Crippen LogP contribution is -2.39. The molecule has 1 atom stereocenters. The summed E-state index contributed by atoms with van der Waals surface area (Å²) < 4.78 is 5.80. The number of carbonyl (C=O) groups is 1. The van der Waals surface area contributed by atoms with Gasteiger partial charge >= 0.3 is 5.97 Å². The van der Waals surface area contributed by atoms with Gasteiger partial charge in [-0.1, -0.05) is 17.7 Å². The van der Waals surface area contributed by atoms with E-state index in [2.05, 4.69) is 24.4 Å². The maximum absolute atomic E-state index is 11.2. The van der Waals surface area contributed by atoms with Crippen LogP contribution < -0.4 is 10.1 Å². The van der Waals surface area contributed by atoms with E-state index in [0.717, 1.165) is 29.7 Å². The van der Waals surface area contributed by atoms with Crippen molar-refractivity contribution in [3.05, 3.63) is 28.8 Å². The second kappa shape index (κ2) is 6.27. The number of rotatable bonds is 7. The van der Waals surface area contributed by atoms with Gasteiger partial charge in [0.2, 0.25) is 0 Å². The number of hydrogen-bond donors (Lipinski definition) is 2. The fourth-order valence-corrected chi connectivity index (χ4v) is 2.49. The Labute approximate surface area is 120 Å². The van der Waals surface area contributed by atoms with Gasteiger partial charge in [0.1, 0.15) is 11.8 Å². The molecule has 2 rings (SSSR count). The Kier molecular flexibility index (Phi) is 4.65. The van der Waals surface area contributed by atoms with E-state index in [9.17, 15) is 9.90 Å². The number of carboxylic acid groups (broad SMARTS) is 1. The molecule has 1 aromatic carbocycles. The first-order valence-corrected chi connectivity index (χ1v) is 7.17. The number of benzene rings is 1. The van der Waals surface area contributed by atoms with Crippen molar-refractivity contribution in [1.82, 2.24) is 5.32 Å². The van der Waals surface area contributed by atoms with Crippen LogP contribution in [0.15, 0.2) is 12.1 Å². The minimum absolute atomic E-state index is 0.388. The third-order valence-corrected chi connectivity index (χ3v) is 3.57. The zero-order chi connectivity index (χ0) is 14.7. The second-order valence-corrected chi connectivity index (χ2v) is 5.70. The fourth-order valence-electron chi connectivity index (χ4n) is 2.49. The molecule has 0 aromatic heterocycles. The Bertz CT molecular complexity index is 471. The van der Waals surface area contributed by atoms with Gasteiger partial charge in [-0.3, -0.25) is 4.79 Å². The number of nitrogens with one attached hydrogen (secondary N) is 1. The molecule has 4 heteroatoms. The van der Waals surface area contributed by atoms with Gasteiger partial charge in [-0.15, -0.1) is 0 Å². The summed E-state index contributed by atoms with van der Waals surface area (Å²) >= 11 is 0. The Morgan fingerprint density at radius 3 is 2.45 bits per heavy atom. The van der Waals surface area contributed by atoms with Crippen LogP contribution in [-0.4, -0.2) is 29.8 Å². The van der Waals surface area contributed by atoms with Gasteiger partial charge in [0.05, 0.1) is 6.61 Å². The maximum Gasteiger partial charge on any atom is 0.320 e. The van der Waals surface area contributed by atoms with E-state index in [1.807, 2.05) is 13.8 Å². The number of carboxylic acids is 1. The average Bonchev–Trinajstić information content (AvgIpc) is 3.14. The third-order valence-electron chi connectivity index (χ3n) is 3.57. The molecule has 0 bridgehead atoms. The molecule has 20 heavy (non-hydrogen) atoms. The summed E-state index contributed by atoms with van der Waals surface area (Å²) in [6, 6.07) is 4.05. The van der Waals surface area contributed by atoms with Crippen molar-refractivity contribution in [2.75, 3.05) is 6.61 Å². The number of aliphatic carboxylic acids is 1. The Morgan fingerprint density at radius 1 is 1.35 bits per heavy atom. The molecule has 0 aliphatic heterocycles. The van der Waals surface area contributed by atoms with Gasteiger partial charge < -0.3 is 15.2 Å². The predicted molar refractivity (Wildman–Crippen MR) is 78.3 cm³/mol. The molecule has 1 fully saturated rings. The molecule has 0 saturated heterocycles. The SMILES string of the molecule is Cc1cc(C)c(OCCC(NC2CC2)C(=O)O)c(C)c1. The van der Waals surface area contributed by atoms with E-state index in [0.29, 0.717) is 19.1 Å². The minimum atomic E-state index is -0.794. The van der Waals surface area contributed by atoms with Crippen molar-refractivity contribution in [3.8, 4) is 5.75 Å². The first-order chi connectivity index (χ1) is 9.47. The maximum atomic E-state index is 11.2. The molecule has 1 aromatic rings. The average molecular weight is 277 g/mol. The Morgan fingerprint density at radius 2 is 1.95 bits per heavy atom. The van der Waals surface area contributed by atoms with E-state index < -0.39 is 12.0 Å². The number of aryl methyl sites for hydroxylation is 3. The number of ether oxygens (including phenoxy) is 1. The van der Waals surface area contributed by atoms with Gasteiger partial charge in [-0.2, -0.15) is 0 Å². The van der Waals surface area contributed by atoms with Gasteiger partial charge in [-0.05, 0) is 44.7 Å². The molecule has 110 valence electrons. The van der Waals surface area contributed by atoms with E-state index >= 15 is 0 Å². The summed E-state index contributed by atoms with van der Waals surface area (Å²) in [4.78, 5) is 11.2. The Hall–Kier alpha value is -1.55. The van der Waals surface area contributed by atoms with Crippen LogP contribution in [0.4, 0.5) is 0 Å². The van der Waals surface area contributed by atoms with Crippen molar-refractivity contribution in [1.29, 1.82) is 0 Å². The second-order valence-electron chi connectivity index (χ2n) is 5.70. The van der Waals surface area contributed by atoms with E-state index in [1.54, 1.807) is 0 Å². The molecule has 0 amide bonds. The zero-order valence-corrected chi connectivity index (χ0v) is 12.4. The van der Waals surface area contributed by atoms with Crippen LogP contribution >= 0.6 is 0 Å². The van der Waals surface area contributed by atoms with Crippen molar-refractivity contribution in [3.63, 3.8) is 0 Å². The van der Waals surface area contributed by atoms with Crippen LogP contribution in [0.5, 0.6) is 5.75 Å². The van der Waals surface area contributed by atoms with Crippen molar-refractivity contribution in [2.24, 2.45) is 0 Å². The third kappa shape index (κ3) is 3.97. The van der Waals surface area contributed by atoms with Crippen molar-refractivity contribution >= 4 is 5.97 Å². The molecule has 0 radical (unpaired) electrons. The monoisotopic (exact) mass is 277 g/mol. The molecule has 2 N–H and O–H groups in total. The topological polar surface area (TPSA) is 58.6 Å². The highest BCUT2D eigenvalue weighted by Crippen LogP contribution is 2.25. The summed E-state index contributed by atoms with van der Waals surface area (Å²) in [7, 11) is 0.